The molecule has 0 fully saturated rings. The Morgan fingerprint density at radius 2 is 2.11 bits per heavy atom. The quantitative estimate of drug-likeness (QED) is 0.663. The van der Waals surface area contributed by atoms with Gasteiger partial charge in [-0.05, 0) is 12.1 Å². The van der Waals surface area contributed by atoms with E-state index in [2.05, 4.69) is 10.3 Å². The maximum atomic E-state index is 5.91. The van der Waals surface area contributed by atoms with Crippen molar-refractivity contribution in [1.29, 1.82) is 0 Å². The van der Waals surface area contributed by atoms with E-state index in [1.165, 1.54) is 0 Å². The van der Waals surface area contributed by atoms with Crippen LogP contribution >= 0.6 is 0 Å². The maximum absolute atomic E-state index is 5.91. The molecule has 2 aliphatic heterocycles. The summed E-state index contributed by atoms with van der Waals surface area (Å²) in [6.07, 6.45) is 0. The zero-order valence-corrected chi connectivity index (χ0v) is 10.7. The fourth-order valence-electron chi connectivity index (χ4n) is 2.00. The Balaban J connectivity index is 0.00000120. The third kappa shape index (κ3) is 2.00. The molecule has 0 saturated heterocycles. The summed E-state index contributed by atoms with van der Waals surface area (Å²) in [7, 11) is 1.60. The molecule has 0 radical (unpaired) electrons. The Hall–Kier alpha value is -1.46. The lowest BCUT2D eigenvalue weighted by Gasteiger charge is -2.36. The molecule has 1 aromatic rings. The second-order valence-electron chi connectivity index (χ2n) is 3.95. The number of ether oxygens (including phenoxy) is 3. The molecule has 0 saturated carbocycles. The van der Waals surface area contributed by atoms with E-state index in [4.69, 9.17) is 14.2 Å². The van der Waals surface area contributed by atoms with E-state index in [0.717, 1.165) is 18.8 Å². The molecular weight excluding hydrogens is 256 g/mol. The summed E-state index contributed by atoms with van der Waals surface area (Å²) in [6.45, 7) is 1.85. The molecule has 1 aromatic carbocycles. The zero-order chi connectivity index (χ0) is 11.7. The van der Waals surface area contributed by atoms with Gasteiger partial charge >= 0.3 is 5.79 Å². The highest BCUT2D eigenvalue weighted by Crippen LogP contribution is 2.35. The molecule has 1 unspecified atom stereocenters. The fraction of sp³-hybridized carbons (Fsp3) is 0.417. The Bertz CT molecular complexity index is 466. The van der Waals surface area contributed by atoms with Gasteiger partial charge in [-0.1, -0.05) is 12.1 Å². The van der Waals surface area contributed by atoms with Gasteiger partial charge in [-0.25, -0.2) is 0 Å². The van der Waals surface area contributed by atoms with Crippen LogP contribution in [-0.4, -0.2) is 38.4 Å². The number of hydrogen-bond acceptors (Lipinski definition) is 5. The predicted octanol–water partition coefficient (Wildman–Crippen LogP) is -2.19. The Morgan fingerprint density at radius 1 is 1.33 bits per heavy atom. The lowest BCUT2D eigenvalue weighted by Crippen LogP contribution is -3.00. The van der Waals surface area contributed by atoms with Crippen LogP contribution in [0.2, 0.25) is 0 Å². The molecule has 0 spiro atoms. The normalized spacial score (nSPS) is 24.8. The van der Waals surface area contributed by atoms with E-state index in [1.807, 2.05) is 24.3 Å². The van der Waals surface area contributed by atoms with Gasteiger partial charge in [-0.3, -0.25) is 4.99 Å². The van der Waals surface area contributed by atoms with Crippen LogP contribution in [0.4, 0.5) is 0 Å². The number of fused-ring (bicyclic) bond motifs is 1. The summed E-state index contributed by atoms with van der Waals surface area (Å²) in [5.74, 6) is 1.18. The fourth-order valence-corrected chi connectivity index (χ4v) is 2.00. The van der Waals surface area contributed by atoms with E-state index in [0.29, 0.717) is 18.2 Å². The van der Waals surface area contributed by atoms with Crippen molar-refractivity contribution in [3.8, 4) is 11.5 Å². The van der Waals surface area contributed by atoms with Crippen molar-refractivity contribution in [3.63, 3.8) is 0 Å². The second-order valence-corrected chi connectivity index (χ2v) is 3.95. The van der Waals surface area contributed by atoms with Gasteiger partial charge in [0.25, 0.3) is 0 Å². The van der Waals surface area contributed by atoms with Crippen LogP contribution in [0.15, 0.2) is 29.3 Å². The van der Waals surface area contributed by atoms with Crippen LogP contribution in [-0.2, 0) is 4.74 Å². The minimum atomic E-state index is -0.940. The van der Waals surface area contributed by atoms with Crippen LogP contribution in [0, 0.1) is 0 Å². The molecule has 2 heterocycles. The molecule has 2 aliphatic rings. The summed E-state index contributed by atoms with van der Waals surface area (Å²) >= 11 is 0. The zero-order valence-electron chi connectivity index (χ0n) is 9.98. The monoisotopic (exact) mass is 269 g/mol. The van der Waals surface area contributed by atoms with Crippen molar-refractivity contribution >= 4 is 5.84 Å². The van der Waals surface area contributed by atoms with Crippen molar-refractivity contribution in [2.75, 3.05) is 26.8 Å². The number of rotatable bonds is 2. The number of hydrogen-bond donors (Lipinski definition) is 1. The standard InChI is InChI=1S/C12H14N2O3.ClH/c1-15-12(11-13-6-7-14-11)8-16-9-4-2-3-5-10(9)17-12;/h2-5H,6-8H2,1H3,(H,13,14);1H/p-1. The Labute approximate surface area is 112 Å². The molecule has 1 atom stereocenters. The van der Waals surface area contributed by atoms with Gasteiger partial charge in [0, 0.05) is 13.7 Å². The SMILES string of the molecule is COC1(C2=NCCN2)COc2ccccc2O1.[Cl-]. The molecule has 1 N–H and O–H groups in total. The number of methoxy groups -OCH3 is 1. The molecule has 0 bridgehead atoms. The first-order chi connectivity index (χ1) is 8.34. The number of nitrogens with zero attached hydrogens (tertiary/aromatic N) is 1. The lowest BCUT2D eigenvalue weighted by atomic mass is 10.2. The molecule has 0 amide bonds. The third-order valence-corrected chi connectivity index (χ3v) is 2.91. The van der Waals surface area contributed by atoms with Crippen LogP contribution < -0.4 is 27.2 Å². The van der Waals surface area contributed by atoms with Crippen LogP contribution in [0.3, 0.4) is 0 Å². The first-order valence-corrected chi connectivity index (χ1v) is 5.59. The average Bonchev–Trinajstić information content (AvgIpc) is 2.92. The van der Waals surface area contributed by atoms with E-state index in [9.17, 15) is 0 Å². The second kappa shape index (κ2) is 5.04. The number of benzene rings is 1. The molecule has 0 aromatic heterocycles. The van der Waals surface area contributed by atoms with Crippen LogP contribution in [0.25, 0.3) is 0 Å². The highest BCUT2D eigenvalue weighted by atomic mass is 35.5. The maximum Gasteiger partial charge on any atom is 0.303 e. The van der Waals surface area contributed by atoms with E-state index < -0.39 is 5.79 Å². The molecule has 3 rings (SSSR count). The number of aliphatic imine (C=N–C) groups is 1. The summed E-state index contributed by atoms with van der Waals surface area (Å²) in [5, 5.41) is 3.17. The smallest absolute Gasteiger partial charge is 0.303 e. The van der Waals surface area contributed by atoms with E-state index >= 15 is 0 Å². The molecule has 98 valence electrons. The van der Waals surface area contributed by atoms with Crippen molar-refractivity contribution in [2.45, 2.75) is 5.79 Å². The van der Waals surface area contributed by atoms with Gasteiger partial charge in [-0.2, -0.15) is 0 Å². The van der Waals surface area contributed by atoms with Crippen molar-refractivity contribution in [2.24, 2.45) is 4.99 Å². The summed E-state index contributed by atoms with van der Waals surface area (Å²) in [6, 6.07) is 7.54. The summed E-state index contributed by atoms with van der Waals surface area (Å²) < 4.78 is 17.1. The Morgan fingerprint density at radius 3 is 2.78 bits per heavy atom. The van der Waals surface area contributed by atoms with Gasteiger partial charge in [-0.15, -0.1) is 0 Å². The highest BCUT2D eigenvalue weighted by Gasteiger charge is 2.44. The summed E-state index contributed by atoms with van der Waals surface area (Å²) in [4.78, 5) is 4.35. The number of amidine groups is 1. The lowest BCUT2D eigenvalue weighted by molar-refractivity contribution is -0.145. The molecular formula is C12H14ClN2O3-. The first-order valence-electron chi connectivity index (χ1n) is 5.59. The van der Waals surface area contributed by atoms with E-state index in [-0.39, 0.29) is 12.4 Å². The molecule has 5 nitrogen and oxygen atoms in total. The minimum Gasteiger partial charge on any atom is -1.00 e. The van der Waals surface area contributed by atoms with Gasteiger partial charge in [0.2, 0.25) is 0 Å². The van der Waals surface area contributed by atoms with Crippen molar-refractivity contribution in [3.05, 3.63) is 24.3 Å². The first kappa shape index (κ1) is 13.0. The van der Waals surface area contributed by atoms with E-state index in [1.54, 1.807) is 7.11 Å². The van der Waals surface area contributed by atoms with Gasteiger partial charge in [0.15, 0.2) is 23.9 Å². The number of para-hydroxylation sites is 2. The third-order valence-electron chi connectivity index (χ3n) is 2.91. The predicted molar refractivity (Wildman–Crippen MR) is 62.6 cm³/mol. The molecule has 18 heavy (non-hydrogen) atoms. The van der Waals surface area contributed by atoms with Crippen LogP contribution in [0.5, 0.6) is 11.5 Å². The largest absolute Gasteiger partial charge is 1.00 e. The average molecular weight is 270 g/mol. The topological polar surface area (TPSA) is 52.1 Å². The van der Waals surface area contributed by atoms with Gasteiger partial charge in [0.05, 0.1) is 6.54 Å². The van der Waals surface area contributed by atoms with Gasteiger partial charge < -0.3 is 31.9 Å². The molecule has 6 heteroatoms. The number of nitrogens with one attached hydrogen (secondary N) is 1. The Kier molecular flexibility index (Phi) is 3.63. The highest BCUT2D eigenvalue weighted by molar-refractivity contribution is 5.91. The number of halogens is 1. The minimum absolute atomic E-state index is 0. The van der Waals surface area contributed by atoms with Gasteiger partial charge in [0.1, 0.15) is 0 Å². The van der Waals surface area contributed by atoms with Crippen molar-refractivity contribution < 1.29 is 26.6 Å². The summed E-state index contributed by atoms with van der Waals surface area (Å²) in [5.41, 5.74) is 0. The molecule has 0 aliphatic carbocycles. The van der Waals surface area contributed by atoms with Crippen molar-refractivity contribution in [1.82, 2.24) is 5.32 Å². The van der Waals surface area contributed by atoms with Crippen LogP contribution in [0.1, 0.15) is 0 Å².